The lowest BCUT2D eigenvalue weighted by atomic mass is 10.1. The van der Waals surface area contributed by atoms with Crippen molar-refractivity contribution in [3.05, 3.63) is 69.3 Å². The monoisotopic (exact) mass is 298 g/mol. The molecule has 22 heavy (non-hydrogen) atoms. The number of hydrogen-bond acceptors (Lipinski definition) is 4. The summed E-state index contributed by atoms with van der Waals surface area (Å²) >= 11 is 0. The number of non-ortho nitro benzene ring substituents is 1. The number of nitro groups is 1. The standard InChI is InChI=1S/C16H14N2O4/c1-22-15-9-6-13(16(17)19)10-12(15)5-2-11-3-7-14(8-4-11)18(20)21/h2-10H,1H3,(H2,17,19)/b5-2+. The number of carbonyl (C=O) groups is 1. The highest BCUT2D eigenvalue weighted by molar-refractivity contribution is 5.94. The quantitative estimate of drug-likeness (QED) is 0.521. The fraction of sp³-hybridized carbons (Fsp3) is 0.0625. The molecule has 2 aromatic carbocycles. The van der Waals surface area contributed by atoms with Gasteiger partial charge in [0.15, 0.2) is 0 Å². The van der Waals surface area contributed by atoms with Gasteiger partial charge < -0.3 is 10.5 Å². The second kappa shape index (κ2) is 6.53. The number of methoxy groups -OCH3 is 1. The third-order valence-electron chi connectivity index (χ3n) is 3.07. The second-order valence-electron chi connectivity index (χ2n) is 4.50. The van der Waals surface area contributed by atoms with E-state index in [1.165, 1.54) is 19.2 Å². The minimum absolute atomic E-state index is 0.0328. The zero-order valence-corrected chi connectivity index (χ0v) is 11.9. The molecule has 0 aromatic heterocycles. The number of nitro benzene ring substituents is 1. The first-order valence-corrected chi connectivity index (χ1v) is 6.41. The maximum Gasteiger partial charge on any atom is 0.269 e. The van der Waals surface area contributed by atoms with E-state index in [0.29, 0.717) is 16.9 Å². The summed E-state index contributed by atoms with van der Waals surface area (Å²) in [6.45, 7) is 0. The molecule has 0 fully saturated rings. The summed E-state index contributed by atoms with van der Waals surface area (Å²) in [5.74, 6) is 0.0794. The predicted molar refractivity (Wildman–Crippen MR) is 83.5 cm³/mol. The van der Waals surface area contributed by atoms with Gasteiger partial charge in [-0.25, -0.2) is 0 Å². The summed E-state index contributed by atoms with van der Waals surface area (Å²) < 4.78 is 5.23. The second-order valence-corrected chi connectivity index (χ2v) is 4.50. The van der Waals surface area contributed by atoms with Crippen LogP contribution in [-0.2, 0) is 0 Å². The van der Waals surface area contributed by atoms with Crippen molar-refractivity contribution in [2.24, 2.45) is 5.73 Å². The SMILES string of the molecule is COc1ccc(C(N)=O)cc1/C=C/c1ccc([N+](=O)[O-])cc1. The molecule has 0 atom stereocenters. The van der Waals surface area contributed by atoms with Crippen molar-refractivity contribution in [3.8, 4) is 5.75 Å². The smallest absolute Gasteiger partial charge is 0.269 e. The van der Waals surface area contributed by atoms with Gasteiger partial charge in [-0.15, -0.1) is 0 Å². The van der Waals surface area contributed by atoms with Crippen LogP contribution in [-0.4, -0.2) is 17.9 Å². The Hall–Kier alpha value is -3.15. The first kappa shape index (κ1) is 15.2. The Morgan fingerprint density at radius 1 is 1.18 bits per heavy atom. The van der Waals surface area contributed by atoms with Crippen molar-refractivity contribution >= 4 is 23.7 Å². The van der Waals surface area contributed by atoms with Crippen LogP contribution in [0.1, 0.15) is 21.5 Å². The van der Waals surface area contributed by atoms with Crippen molar-refractivity contribution < 1.29 is 14.5 Å². The number of benzene rings is 2. The van der Waals surface area contributed by atoms with Crippen molar-refractivity contribution in [1.29, 1.82) is 0 Å². The van der Waals surface area contributed by atoms with Crippen LogP contribution in [0.5, 0.6) is 5.75 Å². The Morgan fingerprint density at radius 3 is 2.41 bits per heavy atom. The van der Waals surface area contributed by atoms with Gasteiger partial charge in [0.25, 0.3) is 5.69 Å². The summed E-state index contributed by atoms with van der Waals surface area (Å²) in [5.41, 5.74) is 7.15. The molecule has 112 valence electrons. The number of nitrogens with zero attached hydrogens (tertiary/aromatic N) is 1. The summed E-state index contributed by atoms with van der Waals surface area (Å²) in [4.78, 5) is 21.4. The molecule has 0 bridgehead atoms. The van der Waals surface area contributed by atoms with E-state index in [9.17, 15) is 14.9 Å². The van der Waals surface area contributed by atoms with Crippen LogP contribution in [0.3, 0.4) is 0 Å². The summed E-state index contributed by atoms with van der Waals surface area (Å²) in [7, 11) is 1.53. The Kier molecular flexibility index (Phi) is 4.53. The van der Waals surface area contributed by atoms with Crippen LogP contribution in [0.25, 0.3) is 12.2 Å². The van der Waals surface area contributed by atoms with E-state index in [4.69, 9.17) is 10.5 Å². The van der Waals surface area contributed by atoms with Gasteiger partial charge >= 0.3 is 0 Å². The number of hydrogen-bond donors (Lipinski definition) is 1. The van der Waals surface area contributed by atoms with E-state index in [-0.39, 0.29) is 5.69 Å². The average Bonchev–Trinajstić information content (AvgIpc) is 2.52. The van der Waals surface area contributed by atoms with Crippen molar-refractivity contribution in [1.82, 2.24) is 0 Å². The number of rotatable bonds is 5. The largest absolute Gasteiger partial charge is 0.496 e. The molecule has 1 amide bonds. The highest BCUT2D eigenvalue weighted by Crippen LogP contribution is 2.23. The van der Waals surface area contributed by atoms with Gasteiger partial charge in [0.05, 0.1) is 12.0 Å². The van der Waals surface area contributed by atoms with Gasteiger partial charge in [-0.05, 0) is 35.9 Å². The minimum Gasteiger partial charge on any atom is -0.496 e. The molecule has 2 N–H and O–H groups in total. The molecule has 0 saturated heterocycles. The Morgan fingerprint density at radius 2 is 1.86 bits per heavy atom. The lowest BCUT2D eigenvalue weighted by Crippen LogP contribution is -2.10. The van der Waals surface area contributed by atoms with E-state index in [1.54, 1.807) is 42.5 Å². The molecule has 0 radical (unpaired) electrons. The number of ether oxygens (including phenoxy) is 1. The third kappa shape index (κ3) is 3.49. The molecular formula is C16H14N2O4. The fourth-order valence-electron chi connectivity index (χ4n) is 1.91. The molecule has 0 aliphatic rings. The van der Waals surface area contributed by atoms with Gasteiger partial charge in [-0.2, -0.15) is 0 Å². The molecule has 0 aliphatic carbocycles. The first-order chi connectivity index (χ1) is 10.5. The molecule has 0 heterocycles. The highest BCUT2D eigenvalue weighted by Gasteiger charge is 2.06. The third-order valence-corrected chi connectivity index (χ3v) is 3.07. The van der Waals surface area contributed by atoms with Crippen LogP contribution < -0.4 is 10.5 Å². The van der Waals surface area contributed by atoms with Crippen LogP contribution in [0.2, 0.25) is 0 Å². The van der Waals surface area contributed by atoms with Crippen LogP contribution in [0.4, 0.5) is 5.69 Å². The van der Waals surface area contributed by atoms with Crippen molar-refractivity contribution in [2.75, 3.05) is 7.11 Å². The molecule has 6 nitrogen and oxygen atoms in total. The molecule has 2 rings (SSSR count). The van der Waals surface area contributed by atoms with Crippen LogP contribution in [0, 0.1) is 10.1 Å². The molecule has 0 unspecified atom stereocenters. The zero-order valence-electron chi connectivity index (χ0n) is 11.9. The van der Waals surface area contributed by atoms with E-state index in [1.807, 2.05) is 0 Å². The normalized spacial score (nSPS) is 10.6. The first-order valence-electron chi connectivity index (χ1n) is 6.41. The number of primary amides is 1. The molecular weight excluding hydrogens is 284 g/mol. The zero-order chi connectivity index (χ0) is 16.1. The van der Waals surface area contributed by atoms with E-state index in [0.717, 1.165) is 5.56 Å². The number of nitrogens with two attached hydrogens (primary N) is 1. The van der Waals surface area contributed by atoms with Crippen molar-refractivity contribution in [3.63, 3.8) is 0 Å². The highest BCUT2D eigenvalue weighted by atomic mass is 16.6. The molecule has 0 aliphatic heterocycles. The van der Waals surface area contributed by atoms with Crippen LogP contribution >= 0.6 is 0 Å². The molecule has 0 saturated carbocycles. The fourth-order valence-corrected chi connectivity index (χ4v) is 1.91. The Labute approximate surface area is 127 Å². The summed E-state index contributed by atoms with van der Waals surface area (Å²) in [6.07, 6.45) is 3.53. The lowest BCUT2D eigenvalue weighted by molar-refractivity contribution is -0.384. The Balaban J connectivity index is 2.30. The predicted octanol–water partition coefficient (Wildman–Crippen LogP) is 2.87. The van der Waals surface area contributed by atoms with Crippen molar-refractivity contribution in [2.45, 2.75) is 0 Å². The topological polar surface area (TPSA) is 95.5 Å². The van der Waals surface area contributed by atoms with Gasteiger partial charge in [-0.1, -0.05) is 12.2 Å². The average molecular weight is 298 g/mol. The van der Waals surface area contributed by atoms with E-state index < -0.39 is 10.8 Å². The number of carbonyl (C=O) groups excluding carboxylic acids is 1. The van der Waals surface area contributed by atoms with Gasteiger partial charge in [0, 0.05) is 23.3 Å². The Bertz CT molecular complexity index is 736. The van der Waals surface area contributed by atoms with Crippen LogP contribution in [0.15, 0.2) is 42.5 Å². The summed E-state index contributed by atoms with van der Waals surface area (Å²) in [6, 6.07) is 11.0. The molecule has 2 aromatic rings. The lowest BCUT2D eigenvalue weighted by Gasteiger charge is -2.06. The minimum atomic E-state index is -0.521. The van der Waals surface area contributed by atoms with E-state index in [2.05, 4.69) is 0 Å². The molecule has 6 heteroatoms. The number of amides is 1. The van der Waals surface area contributed by atoms with E-state index >= 15 is 0 Å². The van der Waals surface area contributed by atoms with Gasteiger partial charge in [-0.3, -0.25) is 14.9 Å². The van der Waals surface area contributed by atoms with Gasteiger partial charge in [0.1, 0.15) is 5.75 Å². The summed E-state index contributed by atoms with van der Waals surface area (Å²) in [5, 5.41) is 10.6. The maximum absolute atomic E-state index is 11.2. The van der Waals surface area contributed by atoms with Gasteiger partial charge in [0.2, 0.25) is 5.91 Å². The maximum atomic E-state index is 11.2. The molecule has 0 spiro atoms.